The van der Waals surface area contributed by atoms with E-state index in [1.165, 1.54) is 0 Å². The summed E-state index contributed by atoms with van der Waals surface area (Å²) >= 11 is 5.94. The van der Waals surface area contributed by atoms with Gasteiger partial charge in [0.1, 0.15) is 6.07 Å². The van der Waals surface area contributed by atoms with Gasteiger partial charge in [0.25, 0.3) is 0 Å². The first-order chi connectivity index (χ1) is 9.81. The zero-order valence-corrected chi connectivity index (χ0v) is 13.5. The first-order valence-electron chi connectivity index (χ1n) is 6.78. The van der Waals surface area contributed by atoms with E-state index in [4.69, 9.17) is 16.9 Å². The van der Waals surface area contributed by atoms with E-state index in [1.54, 1.807) is 12.1 Å². The van der Waals surface area contributed by atoms with Crippen molar-refractivity contribution < 1.29 is 0 Å². The zero-order chi connectivity index (χ0) is 15.6. The molecule has 0 aliphatic rings. The fraction of sp³-hybridized carbons (Fsp3) is 0.375. The number of nitriles is 1. The molecule has 0 spiro atoms. The molecule has 0 aliphatic heterocycles. The molecule has 1 heterocycles. The third-order valence-corrected chi connectivity index (χ3v) is 3.51. The molecule has 2 aromatic rings. The smallest absolute Gasteiger partial charge is 0.101 e. The Bertz CT molecular complexity index is 689. The molecule has 0 amide bonds. The van der Waals surface area contributed by atoms with Crippen LogP contribution in [0.3, 0.4) is 0 Å². The van der Waals surface area contributed by atoms with Gasteiger partial charge < -0.3 is 5.32 Å². The number of hydrogen-bond donors (Lipinski definition) is 1. The molecule has 5 heteroatoms. The minimum absolute atomic E-state index is 0.00389. The van der Waals surface area contributed by atoms with E-state index in [2.05, 4.69) is 37.3 Å². The highest BCUT2D eigenvalue weighted by Gasteiger charge is 2.21. The number of hydrogen-bond acceptors (Lipinski definition) is 3. The summed E-state index contributed by atoms with van der Waals surface area (Å²) in [7, 11) is 1.93. The predicted molar refractivity (Wildman–Crippen MR) is 85.4 cm³/mol. The molecule has 4 nitrogen and oxygen atoms in total. The van der Waals surface area contributed by atoms with Crippen LogP contribution in [0.15, 0.2) is 24.4 Å². The summed E-state index contributed by atoms with van der Waals surface area (Å²) in [5, 5.41) is 17.3. The SMILES string of the molecule is Cn1cc(CNc2ccc(Cl)c(C#N)c2)c(C(C)(C)C)n1. The van der Waals surface area contributed by atoms with Crippen molar-refractivity contribution in [3.8, 4) is 6.07 Å². The van der Waals surface area contributed by atoms with Crippen molar-refractivity contribution in [2.24, 2.45) is 7.05 Å². The van der Waals surface area contributed by atoms with Gasteiger partial charge in [-0.2, -0.15) is 10.4 Å². The van der Waals surface area contributed by atoms with Crippen molar-refractivity contribution in [1.82, 2.24) is 9.78 Å². The standard InChI is InChI=1S/C16H19ClN4/c1-16(2,3)15-12(10-21(4)20-15)9-19-13-5-6-14(17)11(7-13)8-18/h5-7,10,19H,9H2,1-4H3. The Hall–Kier alpha value is -1.99. The van der Waals surface area contributed by atoms with Gasteiger partial charge in [0.2, 0.25) is 0 Å². The molecule has 0 radical (unpaired) electrons. The molecule has 0 saturated carbocycles. The highest BCUT2D eigenvalue weighted by molar-refractivity contribution is 6.31. The Labute approximate surface area is 130 Å². The van der Waals surface area contributed by atoms with Crippen LogP contribution in [-0.2, 0) is 19.0 Å². The summed E-state index contributed by atoms with van der Waals surface area (Å²) in [6, 6.07) is 7.45. The molecule has 1 N–H and O–H groups in total. The van der Waals surface area contributed by atoms with Gasteiger partial charge in [0, 0.05) is 36.5 Å². The highest BCUT2D eigenvalue weighted by atomic mass is 35.5. The van der Waals surface area contributed by atoms with Crippen LogP contribution in [-0.4, -0.2) is 9.78 Å². The minimum Gasteiger partial charge on any atom is -0.381 e. The summed E-state index contributed by atoms with van der Waals surface area (Å²) in [6.07, 6.45) is 2.02. The van der Waals surface area contributed by atoms with Gasteiger partial charge in [-0.1, -0.05) is 32.4 Å². The van der Waals surface area contributed by atoms with Crippen molar-refractivity contribution in [3.63, 3.8) is 0 Å². The topological polar surface area (TPSA) is 53.6 Å². The quantitative estimate of drug-likeness (QED) is 0.937. The number of rotatable bonds is 3. The lowest BCUT2D eigenvalue weighted by Gasteiger charge is -2.18. The lowest BCUT2D eigenvalue weighted by molar-refractivity contribution is 0.549. The van der Waals surface area contributed by atoms with Crippen LogP contribution in [0.5, 0.6) is 0 Å². The van der Waals surface area contributed by atoms with Gasteiger partial charge in [-0.3, -0.25) is 4.68 Å². The highest BCUT2D eigenvalue weighted by Crippen LogP contribution is 2.25. The average molecular weight is 303 g/mol. The summed E-state index contributed by atoms with van der Waals surface area (Å²) in [5.41, 5.74) is 3.57. The number of aromatic nitrogens is 2. The fourth-order valence-corrected chi connectivity index (χ4v) is 2.38. The summed E-state index contributed by atoms with van der Waals surface area (Å²) in [4.78, 5) is 0. The van der Waals surface area contributed by atoms with E-state index in [9.17, 15) is 0 Å². The Balaban J connectivity index is 2.19. The monoisotopic (exact) mass is 302 g/mol. The average Bonchev–Trinajstić information content (AvgIpc) is 2.79. The molecule has 110 valence electrons. The van der Waals surface area contributed by atoms with Crippen LogP contribution in [0.4, 0.5) is 5.69 Å². The number of nitrogens with zero attached hydrogens (tertiary/aromatic N) is 3. The van der Waals surface area contributed by atoms with E-state index >= 15 is 0 Å². The van der Waals surface area contributed by atoms with Gasteiger partial charge in [-0.05, 0) is 18.2 Å². The van der Waals surface area contributed by atoms with Gasteiger partial charge in [-0.25, -0.2) is 0 Å². The molecule has 0 unspecified atom stereocenters. The molecule has 1 aromatic heterocycles. The zero-order valence-electron chi connectivity index (χ0n) is 12.7. The molecule has 2 rings (SSSR count). The molecule has 1 aromatic carbocycles. The van der Waals surface area contributed by atoms with Crippen molar-refractivity contribution in [1.29, 1.82) is 5.26 Å². The maximum Gasteiger partial charge on any atom is 0.101 e. The third kappa shape index (κ3) is 3.56. The van der Waals surface area contributed by atoms with Crippen molar-refractivity contribution in [2.75, 3.05) is 5.32 Å². The third-order valence-electron chi connectivity index (χ3n) is 3.18. The second-order valence-electron chi connectivity index (χ2n) is 6.09. The molecule has 0 fully saturated rings. The Morgan fingerprint density at radius 1 is 1.38 bits per heavy atom. The molecule has 0 saturated heterocycles. The fourth-order valence-electron chi connectivity index (χ4n) is 2.22. The second kappa shape index (κ2) is 5.79. The second-order valence-corrected chi connectivity index (χ2v) is 6.49. The summed E-state index contributed by atoms with van der Waals surface area (Å²) in [6.45, 7) is 7.10. The molecule has 0 aliphatic carbocycles. The number of nitrogens with one attached hydrogen (secondary N) is 1. The molecule has 21 heavy (non-hydrogen) atoms. The van der Waals surface area contributed by atoms with Crippen LogP contribution in [0.25, 0.3) is 0 Å². The normalized spacial score (nSPS) is 11.2. The van der Waals surface area contributed by atoms with E-state index in [-0.39, 0.29) is 5.41 Å². The van der Waals surface area contributed by atoms with Gasteiger partial charge in [0.05, 0.1) is 16.3 Å². The predicted octanol–water partition coefficient (Wildman–Crippen LogP) is 3.85. The van der Waals surface area contributed by atoms with Crippen molar-refractivity contribution in [3.05, 3.63) is 46.2 Å². The molecule has 0 bridgehead atoms. The Kier molecular flexibility index (Phi) is 4.24. The lowest BCUT2D eigenvalue weighted by atomic mass is 9.89. The van der Waals surface area contributed by atoms with Crippen molar-refractivity contribution in [2.45, 2.75) is 32.7 Å². The van der Waals surface area contributed by atoms with E-state index in [0.29, 0.717) is 17.1 Å². The number of benzene rings is 1. The summed E-state index contributed by atoms with van der Waals surface area (Å²) in [5.74, 6) is 0. The maximum atomic E-state index is 9.01. The molecule has 0 atom stereocenters. The van der Waals surface area contributed by atoms with E-state index in [0.717, 1.165) is 16.9 Å². The first-order valence-corrected chi connectivity index (χ1v) is 7.15. The first kappa shape index (κ1) is 15.4. The summed E-state index contributed by atoms with van der Waals surface area (Å²) < 4.78 is 1.83. The van der Waals surface area contributed by atoms with Crippen LogP contribution in [0, 0.1) is 11.3 Å². The lowest BCUT2D eigenvalue weighted by Crippen LogP contribution is -2.16. The van der Waals surface area contributed by atoms with Gasteiger partial charge in [-0.15, -0.1) is 0 Å². The molecular weight excluding hydrogens is 284 g/mol. The van der Waals surface area contributed by atoms with Crippen LogP contribution < -0.4 is 5.32 Å². The van der Waals surface area contributed by atoms with Crippen LogP contribution >= 0.6 is 11.6 Å². The van der Waals surface area contributed by atoms with Crippen LogP contribution in [0.2, 0.25) is 5.02 Å². The number of halogens is 1. The Morgan fingerprint density at radius 3 is 2.71 bits per heavy atom. The largest absolute Gasteiger partial charge is 0.381 e. The van der Waals surface area contributed by atoms with Gasteiger partial charge in [0.15, 0.2) is 0 Å². The number of aryl methyl sites for hydroxylation is 1. The maximum absolute atomic E-state index is 9.01. The number of anilines is 1. The van der Waals surface area contributed by atoms with Gasteiger partial charge >= 0.3 is 0 Å². The Morgan fingerprint density at radius 2 is 2.10 bits per heavy atom. The van der Waals surface area contributed by atoms with E-state index < -0.39 is 0 Å². The van der Waals surface area contributed by atoms with E-state index in [1.807, 2.05) is 24.0 Å². The molecular formula is C16H19ClN4. The minimum atomic E-state index is -0.00389. The van der Waals surface area contributed by atoms with Crippen LogP contribution in [0.1, 0.15) is 37.6 Å². The van der Waals surface area contributed by atoms with Crippen molar-refractivity contribution >= 4 is 17.3 Å².